The summed E-state index contributed by atoms with van der Waals surface area (Å²) in [5.74, 6) is 0. The van der Waals surface area contributed by atoms with Crippen molar-refractivity contribution in [3.63, 3.8) is 0 Å². The van der Waals surface area contributed by atoms with Crippen LogP contribution in [-0.4, -0.2) is 4.57 Å². The molecule has 4 heteroatoms. The molecule has 46 heavy (non-hydrogen) atoms. The molecular formula is C42H33NO3. The second-order valence-corrected chi connectivity index (χ2v) is 15.5. The van der Waals surface area contributed by atoms with Gasteiger partial charge in [-0.25, -0.2) is 0 Å². The Balaban J connectivity index is 1.65. The lowest BCUT2D eigenvalue weighted by Gasteiger charge is -2.20. The van der Waals surface area contributed by atoms with Crippen molar-refractivity contribution in [1.29, 1.82) is 0 Å². The van der Waals surface area contributed by atoms with Crippen LogP contribution < -0.4 is 0 Å². The second-order valence-electron chi connectivity index (χ2n) is 15.5. The minimum atomic E-state index is -0.136. The second kappa shape index (κ2) is 7.53. The molecule has 0 unspecified atom stereocenters. The van der Waals surface area contributed by atoms with Gasteiger partial charge in [-0.05, 0) is 29.9 Å². The lowest BCUT2D eigenvalue weighted by Crippen LogP contribution is -2.12. The van der Waals surface area contributed by atoms with Gasteiger partial charge in [-0.15, -0.1) is 0 Å². The van der Waals surface area contributed by atoms with Crippen LogP contribution in [0.3, 0.4) is 0 Å². The average molecular weight is 600 g/mol. The SMILES string of the molecule is CCn1c2cc(C(C)(C)C)c3oc4c5ccccc5c5oc6c7ccccc7c7oc8c(C(C)(C)C)cc1c1c8c7c6c5c4c3c12. The average Bonchev–Trinajstić information content (AvgIpc) is 3.76. The molecule has 0 saturated carbocycles. The molecule has 0 spiro atoms. The number of aromatic nitrogens is 1. The quantitative estimate of drug-likeness (QED) is 0.188. The summed E-state index contributed by atoms with van der Waals surface area (Å²) < 4.78 is 24.1. The van der Waals surface area contributed by atoms with Gasteiger partial charge in [0, 0.05) is 82.3 Å². The highest BCUT2D eigenvalue weighted by Gasteiger charge is 2.35. The minimum Gasteiger partial charge on any atom is -0.455 e. The topological polar surface area (TPSA) is 44.4 Å². The molecule has 4 nitrogen and oxygen atoms in total. The van der Waals surface area contributed by atoms with E-state index in [1.165, 1.54) is 43.7 Å². The molecule has 0 amide bonds. The summed E-state index contributed by atoms with van der Waals surface area (Å²) in [6, 6.07) is 22.0. The van der Waals surface area contributed by atoms with E-state index in [-0.39, 0.29) is 10.8 Å². The predicted octanol–water partition coefficient (Wildman–Crippen LogP) is 12.7. The zero-order valence-corrected chi connectivity index (χ0v) is 27.2. The molecule has 0 radical (unpaired) electrons. The molecule has 0 aliphatic rings. The molecule has 0 fully saturated rings. The third-order valence-corrected chi connectivity index (χ3v) is 10.9. The van der Waals surface area contributed by atoms with Crippen LogP contribution in [-0.2, 0) is 17.4 Å². The summed E-state index contributed by atoms with van der Waals surface area (Å²) in [5.41, 5.74) is 10.4. The summed E-state index contributed by atoms with van der Waals surface area (Å²) in [6.45, 7) is 16.9. The maximum atomic E-state index is 7.20. The molecule has 11 aromatic rings. The first kappa shape index (κ1) is 25.3. The van der Waals surface area contributed by atoms with Crippen molar-refractivity contribution in [3.8, 4) is 0 Å². The molecule has 0 atom stereocenters. The van der Waals surface area contributed by atoms with Gasteiger partial charge in [0.05, 0.1) is 11.0 Å². The number of fused-ring (bicyclic) bond motifs is 6. The number of nitrogens with zero attached hydrogens (tertiary/aromatic N) is 1. The molecule has 0 bridgehead atoms. The van der Waals surface area contributed by atoms with Gasteiger partial charge in [-0.3, -0.25) is 0 Å². The van der Waals surface area contributed by atoms with Crippen molar-refractivity contribution in [2.75, 3.05) is 0 Å². The molecule has 0 aliphatic carbocycles. The maximum absolute atomic E-state index is 7.20. The number of aryl methyl sites for hydroxylation is 1. The van der Waals surface area contributed by atoms with Gasteiger partial charge in [-0.1, -0.05) is 90.1 Å². The largest absolute Gasteiger partial charge is 0.455 e. The monoisotopic (exact) mass is 599 g/mol. The third kappa shape index (κ3) is 2.61. The lowest BCUT2D eigenvalue weighted by molar-refractivity contribution is 0.573. The Morgan fingerprint density at radius 1 is 0.457 bits per heavy atom. The van der Waals surface area contributed by atoms with Crippen molar-refractivity contribution < 1.29 is 13.3 Å². The van der Waals surface area contributed by atoms with Crippen LogP contribution in [0.15, 0.2) is 73.9 Å². The summed E-state index contributed by atoms with van der Waals surface area (Å²) in [4.78, 5) is 0. The predicted molar refractivity (Wildman–Crippen MR) is 193 cm³/mol. The van der Waals surface area contributed by atoms with E-state index in [4.69, 9.17) is 13.3 Å². The van der Waals surface area contributed by atoms with E-state index < -0.39 is 0 Å². The fourth-order valence-corrected chi connectivity index (χ4v) is 8.94. The molecule has 0 aliphatic heterocycles. The van der Waals surface area contributed by atoms with Crippen LogP contribution in [0, 0.1) is 0 Å². The Labute approximate surface area is 264 Å². The summed E-state index contributed by atoms with van der Waals surface area (Å²) in [6.07, 6.45) is 0. The Hall–Kier alpha value is -4.96. The van der Waals surface area contributed by atoms with Gasteiger partial charge in [0.15, 0.2) is 0 Å². The third-order valence-electron chi connectivity index (χ3n) is 10.9. The van der Waals surface area contributed by atoms with Gasteiger partial charge in [0.2, 0.25) is 0 Å². The number of rotatable bonds is 1. The molecule has 224 valence electrons. The van der Waals surface area contributed by atoms with E-state index in [0.717, 1.165) is 83.1 Å². The first-order chi connectivity index (χ1) is 22.1. The standard InChI is InChI=1S/C42H33NO3/c1-8-43-25-17-23(41(2,3)4)39-29-27(25)28-26(43)18-24(42(5,6)7)40-30(28)32-34-33-31(29)37(45-39)21-15-11-9-13-19(21)35(33)44-36(34)20-14-10-12-16-22(20)38(32)46-40/h9-18H,8H2,1-7H3. The number of benzene rings is 6. The highest BCUT2D eigenvalue weighted by atomic mass is 16.3. The molecule has 7 aromatic carbocycles. The minimum absolute atomic E-state index is 0.136. The lowest BCUT2D eigenvalue weighted by atomic mass is 9.82. The van der Waals surface area contributed by atoms with Crippen molar-refractivity contribution in [2.24, 2.45) is 0 Å². The van der Waals surface area contributed by atoms with Gasteiger partial charge < -0.3 is 17.8 Å². The van der Waals surface area contributed by atoms with Crippen LogP contribution in [0.25, 0.3) is 109 Å². The van der Waals surface area contributed by atoms with E-state index in [9.17, 15) is 0 Å². The normalized spacial score (nSPS) is 14.1. The Morgan fingerprint density at radius 2 is 0.761 bits per heavy atom. The fourth-order valence-electron chi connectivity index (χ4n) is 8.94. The van der Waals surface area contributed by atoms with Gasteiger partial charge in [-0.2, -0.15) is 0 Å². The van der Waals surface area contributed by atoms with Crippen LogP contribution in [0.2, 0.25) is 0 Å². The first-order valence-corrected chi connectivity index (χ1v) is 16.5. The smallest absolute Gasteiger partial charge is 0.144 e. The zero-order chi connectivity index (χ0) is 31.2. The van der Waals surface area contributed by atoms with Crippen molar-refractivity contribution in [1.82, 2.24) is 4.57 Å². The molecule has 11 rings (SSSR count). The van der Waals surface area contributed by atoms with Crippen molar-refractivity contribution >= 4 is 109 Å². The summed E-state index contributed by atoms with van der Waals surface area (Å²) in [7, 11) is 0. The summed E-state index contributed by atoms with van der Waals surface area (Å²) in [5, 5.41) is 13.8. The zero-order valence-electron chi connectivity index (χ0n) is 27.2. The number of hydrogen-bond donors (Lipinski definition) is 0. The molecule has 4 aromatic heterocycles. The Morgan fingerprint density at radius 3 is 1.07 bits per heavy atom. The molecule has 0 saturated heterocycles. The van der Waals surface area contributed by atoms with Crippen molar-refractivity contribution in [3.05, 3.63) is 71.8 Å². The van der Waals surface area contributed by atoms with E-state index >= 15 is 0 Å². The fraction of sp³-hybridized carbons (Fsp3) is 0.238. The van der Waals surface area contributed by atoms with Crippen LogP contribution >= 0.6 is 0 Å². The first-order valence-electron chi connectivity index (χ1n) is 16.5. The Bertz CT molecular complexity index is 2860. The van der Waals surface area contributed by atoms with E-state index in [1.54, 1.807) is 0 Å². The van der Waals surface area contributed by atoms with E-state index in [0.29, 0.717) is 0 Å². The number of furan rings is 3. The summed E-state index contributed by atoms with van der Waals surface area (Å²) >= 11 is 0. The van der Waals surface area contributed by atoms with E-state index in [2.05, 4.69) is 114 Å². The molecule has 0 N–H and O–H groups in total. The van der Waals surface area contributed by atoms with Gasteiger partial charge in [0.25, 0.3) is 0 Å². The molecule has 4 heterocycles. The number of hydrogen-bond acceptors (Lipinski definition) is 3. The van der Waals surface area contributed by atoms with Gasteiger partial charge in [0.1, 0.15) is 33.5 Å². The van der Waals surface area contributed by atoms with Crippen LogP contribution in [0.4, 0.5) is 0 Å². The van der Waals surface area contributed by atoms with Crippen LogP contribution in [0.5, 0.6) is 0 Å². The van der Waals surface area contributed by atoms with Crippen molar-refractivity contribution in [2.45, 2.75) is 65.8 Å². The Kier molecular flexibility index (Phi) is 4.13. The maximum Gasteiger partial charge on any atom is 0.144 e. The van der Waals surface area contributed by atoms with Gasteiger partial charge >= 0.3 is 0 Å². The highest BCUT2D eigenvalue weighted by Crippen LogP contribution is 2.57. The van der Waals surface area contributed by atoms with Crippen LogP contribution in [0.1, 0.15) is 59.6 Å². The molecular weight excluding hydrogens is 566 g/mol. The van der Waals surface area contributed by atoms with E-state index in [1.807, 2.05) is 0 Å². The highest BCUT2D eigenvalue weighted by molar-refractivity contribution is 6.49.